The van der Waals surface area contributed by atoms with Crippen LogP contribution in [0, 0.1) is 19.0 Å². The summed E-state index contributed by atoms with van der Waals surface area (Å²) in [6, 6.07) is 41.6. The minimum atomic E-state index is -2.09. The first-order valence-corrected chi connectivity index (χ1v) is 13.5. The van der Waals surface area contributed by atoms with Crippen molar-refractivity contribution < 1.29 is 28.6 Å². The van der Waals surface area contributed by atoms with Gasteiger partial charge < -0.3 is 14.4 Å². The van der Waals surface area contributed by atoms with E-state index in [0.29, 0.717) is 0 Å². The van der Waals surface area contributed by atoms with E-state index in [1.165, 1.54) is 6.20 Å². The average Bonchev–Trinajstić information content (AvgIpc) is 3.48. The number of rotatable bonds is 3. The molecule has 0 aliphatic carbocycles. The summed E-state index contributed by atoms with van der Waals surface area (Å²) in [6.45, 7) is -2.09. The molecule has 8 aromatic rings. The summed E-state index contributed by atoms with van der Waals surface area (Å²) >= 11 is 0. The molecule has 0 spiro atoms. The average molecular weight is 735 g/mol. The molecular formula is C38H25IrN3O-2. The standard InChI is InChI=1S/C26H15N2O.C12H10N.Ir/c1-2-14-28-24(12-1)22-11-5-10-21-20-9-4-8-19(25(20)29-26(21)22)18-7-3-6-17-13-15-27-16-23(17)18;1-10-7-8-12(13-9-10)11-5-3-2-4-6-11;/h1-10,12-16H;2-5,7-9H,1H3;/q2*-1;/i;1D3;. The molecule has 0 atom stereocenters. The Hall–Kier alpha value is -4.96. The first-order chi connectivity index (χ1) is 22.0. The Bertz CT molecular complexity index is 2250. The molecule has 4 heterocycles. The predicted molar refractivity (Wildman–Crippen MR) is 170 cm³/mol. The van der Waals surface area contributed by atoms with Crippen molar-refractivity contribution in [2.45, 2.75) is 6.85 Å². The van der Waals surface area contributed by atoms with Gasteiger partial charge in [-0.05, 0) is 46.9 Å². The fraction of sp³-hybridized carbons (Fsp3) is 0.0263. The molecule has 0 amide bonds. The van der Waals surface area contributed by atoms with Crippen LogP contribution in [0.4, 0.5) is 0 Å². The molecule has 0 fully saturated rings. The molecule has 0 saturated carbocycles. The molecule has 0 bridgehead atoms. The topological polar surface area (TPSA) is 51.8 Å². The molecule has 4 aromatic heterocycles. The predicted octanol–water partition coefficient (Wildman–Crippen LogP) is 9.52. The van der Waals surface area contributed by atoms with E-state index in [1.807, 2.05) is 60.9 Å². The number of benzene rings is 4. The minimum Gasteiger partial charge on any atom is -0.500 e. The van der Waals surface area contributed by atoms with Crippen molar-refractivity contribution in [3.63, 3.8) is 0 Å². The molecule has 43 heavy (non-hydrogen) atoms. The normalized spacial score (nSPS) is 12.0. The van der Waals surface area contributed by atoms with Gasteiger partial charge in [-0.25, -0.2) is 0 Å². The number of para-hydroxylation sites is 1. The van der Waals surface area contributed by atoms with Crippen LogP contribution in [-0.4, -0.2) is 15.0 Å². The fourth-order valence-electron chi connectivity index (χ4n) is 5.13. The van der Waals surface area contributed by atoms with Crippen LogP contribution in [0.5, 0.6) is 0 Å². The summed E-state index contributed by atoms with van der Waals surface area (Å²) in [5, 5.41) is 4.43. The van der Waals surface area contributed by atoms with Crippen LogP contribution in [0.15, 0.2) is 138 Å². The molecule has 4 nitrogen and oxygen atoms in total. The van der Waals surface area contributed by atoms with Gasteiger partial charge in [0.2, 0.25) is 0 Å². The van der Waals surface area contributed by atoms with Crippen LogP contribution in [-0.2, 0) is 20.1 Å². The zero-order valence-corrected chi connectivity index (χ0v) is 25.2. The third kappa shape index (κ3) is 5.61. The van der Waals surface area contributed by atoms with E-state index in [9.17, 15) is 0 Å². The van der Waals surface area contributed by atoms with Crippen molar-refractivity contribution in [1.82, 2.24) is 15.0 Å². The van der Waals surface area contributed by atoms with E-state index in [2.05, 4.69) is 69.5 Å². The molecule has 209 valence electrons. The van der Waals surface area contributed by atoms with Gasteiger partial charge in [0.15, 0.2) is 0 Å². The van der Waals surface area contributed by atoms with E-state index in [0.717, 1.165) is 66.4 Å². The Kier molecular flexibility index (Phi) is 7.16. The van der Waals surface area contributed by atoms with E-state index < -0.39 is 6.85 Å². The maximum absolute atomic E-state index is 7.23. The van der Waals surface area contributed by atoms with Gasteiger partial charge in [-0.2, -0.15) is 0 Å². The van der Waals surface area contributed by atoms with Crippen molar-refractivity contribution in [2.24, 2.45) is 0 Å². The Morgan fingerprint density at radius 1 is 0.628 bits per heavy atom. The maximum Gasteiger partial charge on any atom is 0.128 e. The van der Waals surface area contributed by atoms with Gasteiger partial charge in [0.25, 0.3) is 0 Å². The van der Waals surface area contributed by atoms with Crippen molar-refractivity contribution in [3.05, 3.63) is 152 Å². The summed E-state index contributed by atoms with van der Waals surface area (Å²) in [5.41, 5.74) is 7.44. The van der Waals surface area contributed by atoms with E-state index in [4.69, 9.17) is 8.53 Å². The Balaban J connectivity index is 0.000000187. The number of fused-ring (bicyclic) bond motifs is 4. The zero-order chi connectivity index (χ0) is 30.8. The Morgan fingerprint density at radius 2 is 1.51 bits per heavy atom. The minimum absolute atomic E-state index is 0. The van der Waals surface area contributed by atoms with Gasteiger partial charge >= 0.3 is 0 Å². The molecule has 1 radical (unpaired) electrons. The molecule has 0 aliphatic heterocycles. The number of hydrogen-bond acceptors (Lipinski definition) is 4. The van der Waals surface area contributed by atoms with Gasteiger partial charge in [-0.3, -0.25) is 4.98 Å². The van der Waals surface area contributed by atoms with Crippen LogP contribution < -0.4 is 0 Å². The van der Waals surface area contributed by atoms with Gasteiger partial charge in [-0.1, -0.05) is 71.6 Å². The molecule has 4 aromatic carbocycles. The SMILES string of the molecule is [2H]C([2H])([2H])c1ccc(-c2[c-]cccc2)nc1.[Ir].[c-]1ccc2c(oc3c(-c4cccc5ccncc45)cccc32)c1-c1ccccn1. The summed E-state index contributed by atoms with van der Waals surface area (Å²) in [4.78, 5) is 12.9. The molecule has 8 rings (SSSR count). The molecular weight excluding hydrogens is 707 g/mol. The van der Waals surface area contributed by atoms with E-state index in [-0.39, 0.29) is 25.7 Å². The van der Waals surface area contributed by atoms with Gasteiger partial charge in [0.1, 0.15) is 5.58 Å². The van der Waals surface area contributed by atoms with Crippen molar-refractivity contribution in [3.8, 4) is 33.6 Å². The molecule has 5 heteroatoms. The van der Waals surface area contributed by atoms with Gasteiger partial charge in [0, 0.05) is 65.3 Å². The van der Waals surface area contributed by atoms with Crippen molar-refractivity contribution >= 4 is 32.7 Å². The molecule has 0 saturated heterocycles. The van der Waals surface area contributed by atoms with Gasteiger partial charge in [0.05, 0.1) is 5.58 Å². The van der Waals surface area contributed by atoms with Crippen molar-refractivity contribution in [2.75, 3.05) is 0 Å². The quantitative estimate of drug-likeness (QED) is 0.170. The third-order valence-corrected chi connectivity index (χ3v) is 7.10. The van der Waals surface area contributed by atoms with Crippen LogP contribution in [0.2, 0.25) is 0 Å². The number of pyridine rings is 3. The molecule has 0 unspecified atom stereocenters. The summed E-state index contributed by atoms with van der Waals surface area (Å²) in [5.74, 6) is 0. The summed E-state index contributed by atoms with van der Waals surface area (Å²) in [6.07, 6.45) is 6.92. The second-order valence-electron chi connectivity index (χ2n) is 9.71. The summed E-state index contributed by atoms with van der Waals surface area (Å²) in [7, 11) is 0. The van der Waals surface area contributed by atoms with Crippen LogP contribution >= 0.6 is 0 Å². The first kappa shape index (κ1) is 24.6. The Morgan fingerprint density at radius 3 is 2.33 bits per heavy atom. The third-order valence-electron chi connectivity index (χ3n) is 7.10. The number of hydrogen-bond donors (Lipinski definition) is 0. The fourth-order valence-corrected chi connectivity index (χ4v) is 5.13. The number of furan rings is 1. The smallest absolute Gasteiger partial charge is 0.128 e. The monoisotopic (exact) mass is 735 g/mol. The van der Waals surface area contributed by atoms with Gasteiger partial charge in [-0.15, -0.1) is 54.1 Å². The number of aromatic nitrogens is 3. The second-order valence-corrected chi connectivity index (χ2v) is 9.71. The first-order valence-electron chi connectivity index (χ1n) is 15.0. The number of nitrogens with zero attached hydrogens (tertiary/aromatic N) is 3. The van der Waals surface area contributed by atoms with Crippen LogP contribution in [0.25, 0.3) is 66.4 Å². The van der Waals surface area contributed by atoms with Crippen LogP contribution in [0.1, 0.15) is 9.68 Å². The van der Waals surface area contributed by atoms with Crippen LogP contribution in [0.3, 0.4) is 0 Å². The van der Waals surface area contributed by atoms with E-state index >= 15 is 0 Å². The maximum atomic E-state index is 7.23. The molecule has 0 N–H and O–H groups in total. The number of aryl methyl sites for hydroxylation is 1. The summed E-state index contributed by atoms with van der Waals surface area (Å²) < 4.78 is 28.2. The largest absolute Gasteiger partial charge is 0.500 e. The van der Waals surface area contributed by atoms with E-state index in [1.54, 1.807) is 24.4 Å². The second kappa shape index (κ2) is 12.5. The zero-order valence-electron chi connectivity index (χ0n) is 25.8. The van der Waals surface area contributed by atoms with Crippen molar-refractivity contribution in [1.29, 1.82) is 0 Å². The molecule has 0 aliphatic rings. The Labute approximate surface area is 267 Å².